The lowest BCUT2D eigenvalue weighted by Gasteiger charge is -2.37. The van der Waals surface area contributed by atoms with Crippen LogP contribution in [0, 0.1) is 5.41 Å². The van der Waals surface area contributed by atoms with E-state index in [1.807, 2.05) is 18.2 Å². The Balaban J connectivity index is 1.96. The molecule has 6 nitrogen and oxygen atoms in total. The molecule has 0 aromatic heterocycles. The van der Waals surface area contributed by atoms with Gasteiger partial charge in [-0.2, -0.15) is 0 Å². The van der Waals surface area contributed by atoms with E-state index >= 15 is 0 Å². The molecule has 0 radical (unpaired) electrons. The molecular weight excluding hydrogens is 312 g/mol. The van der Waals surface area contributed by atoms with E-state index in [0.717, 1.165) is 11.1 Å². The molecule has 1 aliphatic heterocycles. The van der Waals surface area contributed by atoms with Crippen LogP contribution in [0.1, 0.15) is 30.7 Å². The van der Waals surface area contributed by atoms with Gasteiger partial charge in [0.2, 0.25) is 6.79 Å². The van der Waals surface area contributed by atoms with Crippen LogP contribution in [0.4, 0.5) is 0 Å². The molecule has 3 rings (SSSR count). The van der Waals surface area contributed by atoms with E-state index in [4.69, 9.17) is 18.9 Å². The van der Waals surface area contributed by atoms with Crippen LogP contribution in [-0.4, -0.2) is 33.0 Å². The highest BCUT2D eigenvalue weighted by Crippen LogP contribution is 2.48. The van der Waals surface area contributed by atoms with E-state index < -0.39 is 17.4 Å². The lowest BCUT2D eigenvalue weighted by molar-refractivity contribution is -0.171. The van der Waals surface area contributed by atoms with Gasteiger partial charge < -0.3 is 18.9 Å². The third kappa shape index (κ3) is 2.62. The predicted molar refractivity (Wildman–Crippen MR) is 84.8 cm³/mol. The van der Waals surface area contributed by atoms with Gasteiger partial charge in [-0.1, -0.05) is 18.2 Å². The summed E-state index contributed by atoms with van der Waals surface area (Å²) in [6, 6.07) is 5.66. The zero-order chi connectivity index (χ0) is 17.3. The first-order valence-electron chi connectivity index (χ1n) is 7.73. The molecule has 1 aromatic rings. The Hall–Kier alpha value is -2.50. The van der Waals surface area contributed by atoms with Crippen molar-refractivity contribution in [3.63, 3.8) is 0 Å². The van der Waals surface area contributed by atoms with E-state index in [0.29, 0.717) is 24.3 Å². The summed E-state index contributed by atoms with van der Waals surface area (Å²) in [6.07, 6.45) is 1.24. The van der Waals surface area contributed by atoms with Gasteiger partial charge >= 0.3 is 11.9 Å². The highest BCUT2D eigenvalue weighted by molar-refractivity contribution is 6.00. The fraction of sp³-hybridized carbons (Fsp3) is 0.444. The van der Waals surface area contributed by atoms with Crippen LogP contribution in [0.3, 0.4) is 0 Å². The maximum atomic E-state index is 12.4. The van der Waals surface area contributed by atoms with Crippen LogP contribution >= 0.6 is 0 Å². The van der Waals surface area contributed by atoms with E-state index in [2.05, 4.69) is 6.58 Å². The molecule has 1 saturated carbocycles. The largest absolute Gasteiger partial charge is 0.468 e. The Bertz CT molecular complexity index is 677. The number of benzene rings is 1. The second-order valence-corrected chi connectivity index (χ2v) is 6.21. The summed E-state index contributed by atoms with van der Waals surface area (Å²) in [7, 11) is 2.56. The molecule has 0 saturated heterocycles. The quantitative estimate of drug-likeness (QED) is 0.481. The number of hydrogen-bond donors (Lipinski definition) is 0. The lowest BCUT2D eigenvalue weighted by atomic mass is 9.66. The van der Waals surface area contributed by atoms with Gasteiger partial charge in [-0.05, 0) is 42.9 Å². The summed E-state index contributed by atoms with van der Waals surface area (Å²) >= 11 is 0. The monoisotopic (exact) mass is 332 g/mol. The van der Waals surface area contributed by atoms with Crippen molar-refractivity contribution < 1.29 is 28.5 Å². The van der Waals surface area contributed by atoms with E-state index in [1.165, 1.54) is 14.2 Å². The highest BCUT2D eigenvalue weighted by Gasteiger charge is 2.52. The number of carbonyl (C=O) groups is 2. The molecule has 1 aromatic carbocycles. The second kappa shape index (κ2) is 6.19. The fourth-order valence-corrected chi connectivity index (χ4v) is 3.60. The number of hydrogen-bond acceptors (Lipinski definition) is 6. The van der Waals surface area contributed by atoms with E-state index in [-0.39, 0.29) is 19.1 Å². The molecule has 0 N–H and O–H groups in total. The van der Waals surface area contributed by atoms with E-state index in [9.17, 15) is 9.59 Å². The number of methoxy groups -OCH3 is 2. The van der Waals surface area contributed by atoms with Crippen molar-refractivity contribution in [2.45, 2.75) is 25.2 Å². The third-order valence-electron chi connectivity index (χ3n) is 4.70. The lowest BCUT2D eigenvalue weighted by Crippen LogP contribution is -2.45. The highest BCUT2D eigenvalue weighted by atomic mass is 16.7. The second-order valence-electron chi connectivity index (χ2n) is 6.21. The first kappa shape index (κ1) is 16.4. The Labute approximate surface area is 140 Å². The Morgan fingerprint density at radius 1 is 1.17 bits per heavy atom. The summed E-state index contributed by atoms with van der Waals surface area (Å²) in [5, 5.41) is 0. The molecule has 1 aliphatic carbocycles. The molecule has 6 heteroatoms. The first-order chi connectivity index (χ1) is 11.5. The summed E-state index contributed by atoms with van der Waals surface area (Å²) in [5.74, 6) is 0.145. The van der Waals surface area contributed by atoms with Crippen molar-refractivity contribution in [3.8, 4) is 11.5 Å². The minimum absolute atomic E-state index is 0.0565. The minimum atomic E-state index is -1.35. The normalized spacial score (nSPS) is 21.2. The van der Waals surface area contributed by atoms with Crippen LogP contribution in [0.5, 0.6) is 11.5 Å². The maximum absolute atomic E-state index is 12.4. The average Bonchev–Trinajstić information content (AvgIpc) is 3.07. The van der Waals surface area contributed by atoms with Crippen molar-refractivity contribution in [1.29, 1.82) is 0 Å². The molecule has 0 spiro atoms. The van der Waals surface area contributed by atoms with Gasteiger partial charge in [0, 0.05) is 0 Å². The standard InChI is InChI=1S/C18H20O6/c1-11-6-13(12-4-5-14-15(7-12)24-10-23-14)9-18(8-11,16(19)21-2)17(20)22-3/h4-5,7,13H,1,6,8-10H2,2-3H3. The molecule has 0 amide bonds. The molecule has 0 bridgehead atoms. The van der Waals surface area contributed by atoms with Crippen LogP contribution in [-0.2, 0) is 19.1 Å². The first-order valence-corrected chi connectivity index (χ1v) is 7.73. The number of allylic oxidation sites excluding steroid dienone is 1. The molecule has 24 heavy (non-hydrogen) atoms. The van der Waals surface area contributed by atoms with Crippen LogP contribution < -0.4 is 9.47 Å². The summed E-state index contributed by atoms with van der Waals surface area (Å²) < 4.78 is 20.5. The van der Waals surface area contributed by atoms with Crippen molar-refractivity contribution >= 4 is 11.9 Å². The molecule has 128 valence electrons. The smallest absolute Gasteiger partial charge is 0.323 e. The van der Waals surface area contributed by atoms with Gasteiger partial charge in [0.15, 0.2) is 16.9 Å². The molecule has 1 unspecified atom stereocenters. The maximum Gasteiger partial charge on any atom is 0.323 e. The summed E-state index contributed by atoms with van der Waals surface area (Å²) in [5.41, 5.74) is 0.442. The molecule has 1 fully saturated rings. The van der Waals surface area contributed by atoms with Crippen molar-refractivity contribution in [2.75, 3.05) is 21.0 Å². The van der Waals surface area contributed by atoms with Crippen LogP contribution in [0.25, 0.3) is 0 Å². The number of carbonyl (C=O) groups excluding carboxylic acids is 2. The van der Waals surface area contributed by atoms with Crippen molar-refractivity contribution in [3.05, 3.63) is 35.9 Å². The molecule has 2 aliphatic rings. The number of fused-ring (bicyclic) bond motifs is 1. The number of esters is 2. The van der Waals surface area contributed by atoms with Gasteiger partial charge in [-0.15, -0.1) is 0 Å². The number of rotatable bonds is 3. The van der Waals surface area contributed by atoms with Gasteiger partial charge in [-0.3, -0.25) is 9.59 Å². The minimum Gasteiger partial charge on any atom is -0.468 e. The Morgan fingerprint density at radius 3 is 2.50 bits per heavy atom. The third-order valence-corrected chi connectivity index (χ3v) is 4.70. The summed E-state index contributed by atoms with van der Waals surface area (Å²) in [6.45, 7) is 4.22. The molecular formula is C18H20O6. The average molecular weight is 332 g/mol. The van der Waals surface area contributed by atoms with Gasteiger partial charge in [0.25, 0.3) is 0 Å². The van der Waals surface area contributed by atoms with Crippen LogP contribution in [0.15, 0.2) is 30.4 Å². The van der Waals surface area contributed by atoms with Gasteiger partial charge in [-0.25, -0.2) is 0 Å². The topological polar surface area (TPSA) is 71.1 Å². The Kier molecular flexibility index (Phi) is 4.22. The SMILES string of the molecule is C=C1CC(c2ccc3c(c2)OCO3)CC(C(=O)OC)(C(=O)OC)C1. The predicted octanol–water partition coefficient (Wildman–Crippen LogP) is 2.57. The zero-order valence-electron chi connectivity index (χ0n) is 13.8. The molecule has 1 heterocycles. The fourth-order valence-electron chi connectivity index (χ4n) is 3.60. The Morgan fingerprint density at radius 2 is 1.83 bits per heavy atom. The zero-order valence-corrected chi connectivity index (χ0v) is 13.8. The van der Waals surface area contributed by atoms with Gasteiger partial charge in [0.05, 0.1) is 14.2 Å². The van der Waals surface area contributed by atoms with Crippen molar-refractivity contribution in [2.24, 2.45) is 5.41 Å². The van der Waals surface area contributed by atoms with Crippen molar-refractivity contribution in [1.82, 2.24) is 0 Å². The van der Waals surface area contributed by atoms with Crippen LogP contribution in [0.2, 0.25) is 0 Å². The van der Waals surface area contributed by atoms with Gasteiger partial charge in [0.1, 0.15) is 0 Å². The van der Waals surface area contributed by atoms with E-state index in [1.54, 1.807) is 0 Å². The molecule has 1 atom stereocenters. The summed E-state index contributed by atoms with van der Waals surface area (Å²) in [4.78, 5) is 24.8. The number of ether oxygens (including phenoxy) is 4.